The molecule has 0 aliphatic heterocycles. The number of hydrogen-bond donors (Lipinski definition) is 1. The van der Waals surface area contributed by atoms with Crippen LogP contribution in [0.25, 0.3) is 23.2 Å². The van der Waals surface area contributed by atoms with Crippen LogP contribution in [0.1, 0.15) is 0 Å². The minimum absolute atomic E-state index is 0.0119. The molecule has 17 heavy (non-hydrogen) atoms. The summed E-state index contributed by atoms with van der Waals surface area (Å²) in [5.74, 6) is 0.946. The molecule has 3 rings (SSSR count). The predicted octanol–water partition coefficient (Wildman–Crippen LogP) is 2.10. The van der Waals surface area contributed by atoms with Crippen LogP contribution in [0.5, 0.6) is 5.75 Å². The Morgan fingerprint density at radius 3 is 2.88 bits per heavy atom. The van der Waals surface area contributed by atoms with Gasteiger partial charge in [0, 0.05) is 6.20 Å². The van der Waals surface area contributed by atoms with E-state index in [4.69, 9.17) is 8.94 Å². The van der Waals surface area contributed by atoms with Gasteiger partial charge in [0.1, 0.15) is 5.75 Å². The molecular formula is C11H7N3O3. The van der Waals surface area contributed by atoms with Crippen molar-refractivity contribution in [1.82, 2.24) is 15.1 Å². The molecule has 0 unspecified atom stereocenters. The molecule has 3 heterocycles. The van der Waals surface area contributed by atoms with E-state index in [2.05, 4.69) is 15.1 Å². The number of aromatic hydroxyl groups is 1. The van der Waals surface area contributed by atoms with Gasteiger partial charge in [-0.2, -0.15) is 4.98 Å². The van der Waals surface area contributed by atoms with E-state index in [1.54, 1.807) is 18.2 Å². The number of pyridine rings is 1. The molecule has 0 spiro atoms. The number of hydrogen-bond acceptors (Lipinski definition) is 6. The van der Waals surface area contributed by atoms with Gasteiger partial charge in [-0.25, -0.2) is 4.98 Å². The minimum Gasteiger partial charge on any atom is -0.505 e. The highest BCUT2D eigenvalue weighted by molar-refractivity contribution is 5.58. The molecule has 84 valence electrons. The molecule has 0 fully saturated rings. The molecule has 6 nitrogen and oxygen atoms in total. The second-order valence-corrected chi connectivity index (χ2v) is 3.27. The average molecular weight is 229 g/mol. The van der Waals surface area contributed by atoms with Crippen molar-refractivity contribution in [2.75, 3.05) is 0 Å². The lowest BCUT2D eigenvalue weighted by Gasteiger charge is -1.95. The maximum absolute atomic E-state index is 9.59. The molecule has 6 heteroatoms. The van der Waals surface area contributed by atoms with Gasteiger partial charge < -0.3 is 14.0 Å². The lowest BCUT2D eigenvalue weighted by Crippen LogP contribution is -1.83. The molecule has 0 amide bonds. The van der Waals surface area contributed by atoms with Gasteiger partial charge >= 0.3 is 0 Å². The molecule has 0 aliphatic rings. The molecule has 0 saturated heterocycles. The Labute approximate surface area is 95.5 Å². The standard InChI is InChI=1S/C11H7N3O3/c15-7-3-1-5-12-9(7)11-13-10(14-17-11)8-4-2-6-16-8/h1-6,15H. The fourth-order valence-corrected chi connectivity index (χ4v) is 1.39. The largest absolute Gasteiger partial charge is 0.505 e. The van der Waals surface area contributed by atoms with E-state index in [1.807, 2.05) is 0 Å². The van der Waals surface area contributed by atoms with Gasteiger partial charge in [0.2, 0.25) is 5.82 Å². The predicted molar refractivity (Wildman–Crippen MR) is 56.9 cm³/mol. The maximum atomic E-state index is 9.59. The first-order chi connectivity index (χ1) is 8.34. The summed E-state index contributed by atoms with van der Waals surface area (Å²) in [4.78, 5) is 8.06. The Balaban J connectivity index is 2.04. The van der Waals surface area contributed by atoms with E-state index in [9.17, 15) is 5.11 Å². The molecule has 1 N–H and O–H groups in total. The molecule has 0 atom stereocenters. The average Bonchev–Trinajstić information content (AvgIpc) is 3.00. The summed E-state index contributed by atoms with van der Waals surface area (Å²) in [7, 11) is 0. The molecule has 0 bridgehead atoms. The SMILES string of the molecule is Oc1cccnc1-c1nc(-c2ccco2)no1. The van der Waals surface area contributed by atoms with E-state index in [-0.39, 0.29) is 17.3 Å². The summed E-state index contributed by atoms with van der Waals surface area (Å²) >= 11 is 0. The van der Waals surface area contributed by atoms with Crippen LogP contribution in [0.4, 0.5) is 0 Å². The van der Waals surface area contributed by atoms with Crippen LogP contribution >= 0.6 is 0 Å². The van der Waals surface area contributed by atoms with Crippen LogP contribution in [0, 0.1) is 0 Å². The number of nitrogens with zero attached hydrogens (tertiary/aromatic N) is 3. The van der Waals surface area contributed by atoms with Crippen LogP contribution in [-0.2, 0) is 0 Å². The van der Waals surface area contributed by atoms with Crippen molar-refractivity contribution in [2.45, 2.75) is 0 Å². The van der Waals surface area contributed by atoms with E-state index < -0.39 is 0 Å². The highest BCUT2D eigenvalue weighted by Gasteiger charge is 2.15. The summed E-state index contributed by atoms with van der Waals surface area (Å²) in [6.07, 6.45) is 3.05. The molecule has 0 saturated carbocycles. The Morgan fingerprint density at radius 2 is 2.12 bits per heavy atom. The molecular weight excluding hydrogens is 222 g/mol. The summed E-state index contributed by atoms with van der Waals surface area (Å²) < 4.78 is 10.1. The van der Waals surface area contributed by atoms with E-state index in [0.29, 0.717) is 11.6 Å². The van der Waals surface area contributed by atoms with Gasteiger partial charge in [-0.15, -0.1) is 0 Å². The fraction of sp³-hybridized carbons (Fsp3) is 0. The zero-order valence-corrected chi connectivity index (χ0v) is 8.57. The third kappa shape index (κ3) is 1.65. The normalized spacial score (nSPS) is 10.6. The third-order valence-electron chi connectivity index (χ3n) is 2.16. The van der Waals surface area contributed by atoms with Gasteiger partial charge in [0.25, 0.3) is 5.89 Å². The second-order valence-electron chi connectivity index (χ2n) is 3.27. The van der Waals surface area contributed by atoms with Gasteiger partial charge in [0.05, 0.1) is 6.26 Å². The van der Waals surface area contributed by atoms with Crippen molar-refractivity contribution in [1.29, 1.82) is 0 Å². The first kappa shape index (κ1) is 9.59. The van der Waals surface area contributed by atoms with Gasteiger partial charge in [-0.05, 0) is 24.3 Å². The van der Waals surface area contributed by atoms with Gasteiger partial charge in [-0.3, -0.25) is 0 Å². The smallest absolute Gasteiger partial charge is 0.280 e. The first-order valence-electron chi connectivity index (χ1n) is 4.86. The quantitative estimate of drug-likeness (QED) is 0.724. The van der Waals surface area contributed by atoms with Crippen LogP contribution in [0.15, 0.2) is 45.7 Å². The van der Waals surface area contributed by atoms with Crippen LogP contribution in [0.3, 0.4) is 0 Å². The summed E-state index contributed by atoms with van der Waals surface area (Å²) in [6, 6.07) is 6.55. The van der Waals surface area contributed by atoms with Crippen molar-refractivity contribution in [3.63, 3.8) is 0 Å². The van der Waals surface area contributed by atoms with Gasteiger partial charge in [0.15, 0.2) is 11.5 Å². The number of aromatic nitrogens is 3. The number of rotatable bonds is 2. The second kappa shape index (κ2) is 3.75. The topological polar surface area (TPSA) is 85.2 Å². The highest BCUT2D eigenvalue weighted by Crippen LogP contribution is 2.26. The van der Waals surface area contributed by atoms with Crippen LogP contribution in [0.2, 0.25) is 0 Å². The summed E-state index contributed by atoms with van der Waals surface area (Å²) in [5, 5.41) is 13.3. The molecule has 3 aromatic rings. The zero-order valence-electron chi connectivity index (χ0n) is 8.57. The van der Waals surface area contributed by atoms with Crippen molar-refractivity contribution >= 4 is 0 Å². The minimum atomic E-state index is -0.0119. The van der Waals surface area contributed by atoms with Crippen molar-refractivity contribution in [2.24, 2.45) is 0 Å². The van der Waals surface area contributed by atoms with E-state index >= 15 is 0 Å². The lowest BCUT2D eigenvalue weighted by atomic mass is 10.3. The van der Waals surface area contributed by atoms with E-state index in [1.165, 1.54) is 18.5 Å². The van der Waals surface area contributed by atoms with E-state index in [0.717, 1.165) is 0 Å². The first-order valence-corrected chi connectivity index (χ1v) is 4.86. The van der Waals surface area contributed by atoms with Crippen LogP contribution < -0.4 is 0 Å². The Kier molecular flexibility index (Phi) is 2.11. The highest BCUT2D eigenvalue weighted by atomic mass is 16.5. The molecule has 0 radical (unpaired) electrons. The Morgan fingerprint density at radius 1 is 1.18 bits per heavy atom. The Hall–Kier alpha value is -2.63. The zero-order chi connectivity index (χ0) is 11.7. The lowest BCUT2D eigenvalue weighted by molar-refractivity contribution is 0.421. The number of furan rings is 1. The van der Waals surface area contributed by atoms with Crippen molar-refractivity contribution < 1.29 is 14.0 Å². The Bertz CT molecular complexity index is 631. The fourth-order valence-electron chi connectivity index (χ4n) is 1.39. The molecule has 0 aromatic carbocycles. The van der Waals surface area contributed by atoms with Gasteiger partial charge in [-0.1, -0.05) is 5.16 Å². The summed E-state index contributed by atoms with van der Waals surface area (Å²) in [6.45, 7) is 0. The molecule has 3 aromatic heterocycles. The molecule has 0 aliphatic carbocycles. The van der Waals surface area contributed by atoms with Crippen molar-refractivity contribution in [3.05, 3.63) is 36.7 Å². The summed E-state index contributed by atoms with van der Waals surface area (Å²) in [5.41, 5.74) is 0.248. The maximum Gasteiger partial charge on any atom is 0.280 e. The van der Waals surface area contributed by atoms with Crippen molar-refractivity contribution in [3.8, 4) is 28.9 Å². The third-order valence-corrected chi connectivity index (χ3v) is 2.16. The van der Waals surface area contributed by atoms with Crippen LogP contribution in [-0.4, -0.2) is 20.2 Å². The monoisotopic (exact) mass is 229 g/mol.